The molecular weight excluding hydrogens is 330 g/mol. The average Bonchev–Trinajstić information content (AvgIpc) is 2.44. The molecule has 23 heavy (non-hydrogen) atoms. The second-order valence-electron chi connectivity index (χ2n) is 5.53. The summed E-state index contributed by atoms with van der Waals surface area (Å²) in [5.41, 5.74) is 0.242. The highest BCUT2D eigenvalue weighted by molar-refractivity contribution is 7.89. The van der Waals surface area contributed by atoms with Gasteiger partial charge in [0.25, 0.3) is 5.91 Å². The number of alkyl halides is 2. The van der Waals surface area contributed by atoms with Crippen LogP contribution in [0.15, 0.2) is 29.2 Å². The number of amides is 1. The first-order valence-corrected chi connectivity index (χ1v) is 8.53. The molecule has 1 heterocycles. The molecule has 1 amide bonds. The van der Waals surface area contributed by atoms with Crippen LogP contribution in [-0.2, 0) is 10.0 Å². The van der Waals surface area contributed by atoms with Crippen molar-refractivity contribution in [2.75, 3.05) is 19.7 Å². The van der Waals surface area contributed by atoms with Gasteiger partial charge in [0, 0.05) is 24.7 Å². The summed E-state index contributed by atoms with van der Waals surface area (Å²) in [6, 6.07) is 4.59. The molecule has 128 valence electrons. The van der Waals surface area contributed by atoms with Crippen LogP contribution in [0.25, 0.3) is 0 Å². The minimum absolute atomic E-state index is 0.00607. The smallest absolute Gasteiger partial charge is 0.253 e. The monoisotopic (exact) mass is 348 g/mol. The van der Waals surface area contributed by atoms with Crippen molar-refractivity contribution in [3.05, 3.63) is 29.8 Å². The lowest BCUT2D eigenvalue weighted by Gasteiger charge is -2.38. The number of hydrogen-bond acceptors (Lipinski definition) is 4. The van der Waals surface area contributed by atoms with Gasteiger partial charge < -0.3 is 10.0 Å². The highest BCUT2D eigenvalue weighted by atomic mass is 32.2. The predicted molar refractivity (Wildman–Crippen MR) is 78.7 cm³/mol. The van der Waals surface area contributed by atoms with Gasteiger partial charge in [-0.1, -0.05) is 0 Å². The molecule has 0 aromatic heterocycles. The van der Waals surface area contributed by atoms with E-state index < -0.39 is 34.3 Å². The van der Waals surface area contributed by atoms with E-state index in [0.717, 1.165) is 0 Å². The molecule has 0 radical (unpaired) electrons. The van der Waals surface area contributed by atoms with Gasteiger partial charge in [0.2, 0.25) is 16.4 Å². The Balaban J connectivity index is 2.04. The predicted octanol–water partition coefficient (Wildman–Crippen LogP) is 0.683. The number of hydrogen-bond donors (Lipinski definition) is 2. The van der Waals surface area contributed by atoms with E-state index in [1.54, 1.807) is 0 Å². The lowest BCUT2D eigenvalue weighted by molar-refractivity contribution is -0.0152. The van der Waals surface area contributed by atoms with E-state index in [1.807, 2.05) is 0 Å². The van der Waals surface area contributed by atoms with E-state index in [0.29, 0.717) is 0 Å². The Morgan fingerprint density at radius 1 is 1.35 bits per heavy atom. The van der Waals surface area contributed by atoms with Gasteiger partial charge in [-0.3, -0.25) is 4.79 Å². The molecule has 1 aromatic carbocycles. The summed E-state index contributed by atoms with van der Waals surface area (Å²) in [4.78, 5) is 13.3. The fourth-order valence-corrected chi connectivity index (χ4v) is 3.40. The molecule has 1 atom stereocenters. The summed E-state index contributed by atoms with van der Waals surface area (Å²) in [5, 5.41) is 8.89. The maximum atomic E-state index is 12.4. The Morgan fingerprint density at radius 2 is 1.91 bits per heavy atom. The van der Waals surface area contributed by atoms with E-state index >= 15 is 0 Å². The highest BCUT2D eigenvalue weighted by Gasteiger charge is 2.36. The van der Waals surface area contributed by atoms with Gasteiger partial charge in [0.05, 0.1) is 17.4 Å². The Hall–Kier alpha value is -1.58. The van der Waals surface area contributed by atoms with Gasteiger partial charge in [0.15, 0.2) is 0 Å². The number of rotatable bonds is 6. The molecule has 0 bridgehead atoms. The highest BCUT2D eigenvalue weighted by Crippen LogP contribution is 2.24. The second-order valence-corrected chi connectivity index (χ2v) is 7.25. The molecular formula is C14H18F2N2O4S. The van der Waals surface area contributed by atoms with Crippen LogP contribution in [0.2, 0.25) is 0 Å². The molecule has 0 spiro atoms. The molecule has 2 N–H and O–H groups in total. The minimum atomic E-state index is -3.78. The first-order valence-electron chi connectivity index (χ1n) is 7.05. The van der Waals surface area contributed by atoms with Gasteiger partial charge in [-0.2, -0.15) is 0 Å². The average molecular weight is 348 g/mol. The zero-order valence-corrected chi connectivity index (χ0v) is 13.3. The molecule has 1 saturated heterocycles. The molecule has 6 nitrogen and oxygen atoms in total. The van der Waals surface area contributed by atoms with Gasteiger partial charge >= 0.3 is 0 Å². The molecule has 1 unspecified atom stereocenters. The summed E-state index contributed by atoms with van der Waals surface area (Å²) in [7, 11) is -3.78. The second kappa shape index (κ2) is 6.90. The Morgan fingerprint density at radius 3 is 2.39 bits per heavy atom. The van der Waals surface area contributed by atoms with Gasteiger partial charge in [-0.25, -0.2) is 21.9 Å². The first kappa shape index (κ1) is 17.8. The lowest BCUT2D eigenvalue weighted by atomic mass is 9.99. The van der Waals surface area contributed by atoms with Crippen molar-refractivity contribution in [2.45, 2.75) is 24.3 Å². The summed E-state index contributed by atoms with van der Waals surface area (Å²) in [6.07, 6.45) is -2.44. The number of aliphatic hydroxyl groups is 1. The third-order valence-corrected chi connectivity index (χ3v) is 5.20. The molecule has 2 rings (SSSR count). The van der Waals surface area contributed by atoms with Crippen molar-refractivity contribution in [3.63, 3.8) is 0 Å². The van der Waals surface area contributed by atoms with Gasteiger partial charge in [-0.05, 0) is 31.2 Å². The lowest BCUT2D eigenvalue weighted by Crippen LogP contribution is -2.52. The van der Waals surface area contributed by atoms with Crippen LogP contribution >= 0.6 is 0 Å². The minimum Gasteiger partial charge on any atom is -0.395 e. The van der Waals surface area contributed by atoms with Crippen LogP contribution in [0, 0.1) is 5.92 Å². The van der Waals surface area contributed by atoms with E-state index in [2.05, 4.69) is 4.72 Å². The fraction of sp³-hybridized carbons (Fsp3) is 0.500. The number of halogens is 2. The first-order chi connectivity index (χ1) is 10.7. The van der Waals surface area contributed by atoms with Crippen LogP contribution in [-0.4, -0.2) is 56.5 Å². The number of carbonyl (C=O) groups excluding carboxylic acids is 1. The number of aliphatic hydroxyl groups excluding tert-OH is 1. The van der Waals surface area contributed by atoms with Crippen molar-refractivity contribution in [2.24, 2.45) is 5.92 Å². The van der Waals surface area contributed by atoms with E-state index in [1.165, 1.54) is 36.1 Å². The summed E-state index contributed by atoms with van der Waals surface area (Å²) in [6.45, 7) is 1.19. The molecule has 1 aliphatic heterocycles. The number of carbonyl (C=O) groups is 1. The van der Waals surface area contributed by atoms with Crippen LogP contribution in [0.5, 0.6) is 0 Å². The molecule has 1 aromatic rings. The van der Waals surface area contributed by atoms with Crippen molar-refractivity contribution in [1.82, 2.24) is 9.62 Å². The maximum Gasteiger partial charge on any atom is 0.253 e. The van der Waals surface area contributed by atoms with E-state index in [4.69, 9.17) is 5.11 Å². The standard InChI is InChI=1S/C14H18F2N2O4S/c1-9(8-19)17-23(21,22)12-4-2-10(3-5-12)14(20)18-6-11(7-18)13(15)16/h2-5,9,11,13,17,19H,6-8H2,1H3. The Kier molecular flexibility index (Phi) is 5.33. The molecule has 9 heteroatoms. The molecule has 0 saturated carbocycles. The quantitative estimate of drug-likeness (QED) is 0.792. The van der Waals surface area contributed by atoms with Gasteiger partial charge in [-0.15, -0.1) is 0 Å². The number of sulfonamides is 1. The number of likely N-dealkylation sites (tertiary alicyclic amines) is 1. The summed E-state index contributed by atoms with van der Waals surface area (Å²) in [5.74, 6) is -1.19. The van der Waals surface area contributed by atoms with Crippen LogP contribution < -0.4 is 4.72 Å². The maximum absolute atomic E-state index is 12.4. The number of nitrogens with one attached hydrogen (secondary N) is 1. The Labute approximate surface area is 133 Å². The Bertz CT molecular complexity index is 658. The van der Waals surface area contributed by atoms with Crippen LogP contribution in [0.3, 0.4) is 0 Å². The molecule has 1 fully saturated rings. The third-order valence-electron chi connectivity index (χ3n) is 3.60. The number of benzene rings is 1. The van der Waals surface area contributed by atoms with Crippen molar-refractivity contribution >= 4 is 15.9 Å². The third kappa shape index (κ3) is 4.04. The van der Waals surface area contributed by atoms with Crippen molar-refractivity contribution < 1.29 is 27.1 Å². The zero-order chi connectivity index (χ0) is 17.2. The van der Waals surface area contributed by atoms with Crippen LogP contribution in [0.4, 0.5) is 8.78 Å². The summed E-state index contributed by atoms with van der Waals surface area (Å²) >= 11 is 0. The largest absolute Gasteiger partial charge is 0.395 e. The van der Waals surface area contributed by atoms with E-state index in [9.17, 15) is 22.0 Å². The molecule has 0 aliphatic carbocycles. The topological polar surface area (TPSA) is 86.7 Å². The summed E-state index contributed by atoms with van der Waals surface area (Å²) < 4.78 is 51.1. The fourth-order valence-electron chi connectivity index (χ4n) is 2.17. The number of nitrogens with zero attached hydrogens (tertiary/aromatic N) is 1. The van der Waals surface area contributed by atoms with Crippen molar-refractivity contribution in [1.29, 1.82) is 0 Å². The SMILES string of the molecule is CC(CO)NS(=O)(=O)c1ccc(C(=O)N2CC(C(F)F)C2)cc1. The zero-order valence-electron chi connectivity index (χ0n) is 12.4. The normalized spacial score (nSPS) is 17.2. The molecule has 1 aliphatic rings. The van der Waals surface area contributed by atoms with Gasteiger partial charge in [0.1, 0.15) is 0 Å². The van der Waals surface area contributed by atoms with Crippen molar-refractivity contribution in [3.8, 4) is 0 Å². The van der Waals surface area contributed by atoms with Crippen LogP contribution in [0.1, 0.15) is 17.3 Å². The van der Waals surface area contributed by atoms with E-state index in [-0.39, 0.29) is 30.2 Å².